The van der Waals surface area contributed by atoms with E-state index in [1.165, 1.54) is 0 Å². The van der Waals surface area contributed by atoms with Gasteiger partial charge in [-0.1, -0.05) is 13.8 Å². The van der Waals surface area contributed by atoms with Gasteiger partial charge >= 0.3 is 0 Å². The summed E-state index contributed by atoms with van der Waals surface area (Å²) < 4.78 is 0. The molecule has 1 aliphatic rings. The van der Waals surface area contributed by atoms with Gasteiger partial charge in [-0.15, -0.1) is 0 Å². The molecule has 1 amide bonds. The molecule has 1 fully saturated rings. The highest BCUT2D eigenvalue weighted by Gasteiger charge is 2.32. The average Bonchev–Trinajstić information content (AvgIpc) is 2.60. The zero-order chi connectivity index (χ0) is 13.0. The zero-order valence-electron chi connectivity index (χ0n) is 11.9. The first-order chi connectivity index (χ1) is 7.93. The molecular formula is C13H27N3O. The van der Waals surface area contributed by atoms with Crippen molar-refractivity contribution in [1.29, 1.82) is 0 Å². The van der Waals surface area contributed by atoms with Crippen LogP contribution in [-0.2, 0) is 4.79 Å². The standard InChI is InChI=1S/C13H27N3O/c1-10(2)12-13(17)16(9-14-12)8-6-7-15(5)11(3)4/h10-12,14H,6-9H2,1-5H3. The second-order valence-electron chi connectivity index (χ2n) is 5.61. The Kier molecular flexibility index (Phi) is 5.40. The molecule has 1 rings (SSSR count). The minimum Gasteiger partial charge on any atom is -0.328 e. The maximum atomic E-state index is 12.0. The molecule has 1 unspecified atom stereocenters. The molecular weight excluding hydrogens is 214 g/mol. The van der Waals surface area contributed by atoms with E-state index in [2.05, 4.69) is 45.0 Å². The molecule has 0 spiro atoms. The van der Waals surface area contributed by atoms with E-state index in [0.717, 1.165) is 19.5 Å². The summed E-state index contributed by atoms with van der Waals surface area (Å²) in [5.74, 6) is 0.651. The van der Waals surface area contributed by atoms with Gasteiger partial charge in [0.2, 0.25) is 5.91 Å². The number of carbonyl (C=O) groups is 1. The predicted octanol–water partition coefficient (Wildman–Crippen LogP) is 1.13. The van der Waals surface area contributed by atoms with Gasteiger partial charge in [-0.05, 0) is 39.8 Å². The predicted molar refractivity (Wildman–Crippen MR) is 70.7 cm³/mol. The van der Waals surface area contributed by atoms with E-state index in [0.29, 0.717) is 18.6 Å². The van der Waals surface area contributed by atoms with Crippen molar-refractivity contribution in [1.82, 2.24) is 15.1 Å². The van der Waals surface area contributed by atoms with Crippen LogP contribution in [0.4, 0.5) is 0 Å². The highest BCUT2D eigenvalue weighted by Crippen LogP contribution is 2.12. The monoisotopic (exact) mass is 241 g/mol. The average molecular weight is 241 g/mol. The van der Waals surface area contributed by atoms with Crippen LogP contribution in [0.2, 0.25) is 0 Å². The minimum absolute atomic E-state index is 0.0258. The molecule has 1 atom stereocenters. The summed E-state index contributed by atoms with van der Waals surface area (Å²) in [7, 11) is 2.13. The normalized spacial score (nSPS) is 21.3. The summed E-state index contributed by atoms with van der Waals surface area (Å²) >= 11 is 0. The number of hydrogen-bond donors (Lipinski definition) is 1. The van der Waals surface area contributed by atoms with Gasteiger partial charge in [0.05, 0.1) is 12.7 Å². The van der Waals surface area contributed by atoms with Gasteiger partial charge in [0.25, 0.3) is 0 Å². The van der Waals surface area contributed by atoms with Crippen molar-refractivity contribution in [2.45, 2.75) is 46.2 Å². The lowest BCUT2D eigenvalue weighted by Crippen LogP contribution is -2.36. The molecule has 0 aromatic carbocycles. The molecule has 1 saturated heterocycles. The Labute approximate surface area is 105 Å². The molecule has 1 N–H and O–H groups in total. The van der Waals surface area contributed by atoms with Gasteiger partial charge in [0, 0.05) is 12.6 Å². The molecule has 0 radical (unpaired) electrons. The van der Waals surface area contributed by atoms with E-state index in [4.69, 9.17) is 0 Å². The van der Waals surface area contributed by atoms with Gasteiger partial charge in [-0.25, -0.2) is 0 Å². The lowest BCUT2D eigenvalue weighted by Gasteiger charge is -2.22. The van der Waals surface area contributed by atoms with Crippen LogP contribution in [0.5, 0.6) is 0 Å². The first kappa shape index (κ1) is 14.5. The summed E-state index contributed by atoms with van der Waals surface area (Å²) in [6.07, 6.45) is 1.05. The number of rotatable bonds is 6. The van der Waals surface area contributed by atoms with Gasteiger partial charge < -0.3 is 9.80 Å². The van der Waals surface area contributed by atoms with E-state index < -0.39 is 0 Å². The number of hydrogen-bond acceptors (Lipinski definition) is 3. The summed E-state index contributed by atoms with van der Waals surface area (Å²) in [5.41, 5.74) is 0. The molecule has 4 heteroatoms. The van der Waals surface area contributed by atoms with Gasteiger partial charge in [-0.3, -0.25) is 10.1 Å². The quantitative estimate of drug-likeness (QED) is 0.757. The molecule has 1 aliphatic heterocycles. The van der Waals surface area contributed by atoms with Crippen LogP contribution in [0.3, 0.4) is 0 Å². The lowest BCUT2D eigenvalue weighted by atomic mass is 10.1. The topological polar surface area (TPSA) is 35.6 Å². The van der Waals surface area contributed by atoms with E-state index >= 15 is 0 Å². The van der Waals surface area contributed by atoms with Crippen LogP contribution in [0, 0.1) is 5.92 Å². The smallest absolute Gasteiger partial charge is 0.241 e. The molecule has 0 aromatic rings. The van der Waals surface area contributed by atoms with Gasteiger partial charge in [0.15, 0.2) is 0 Å². The Hall–Kier alpha value is -0.610. The fourth-order valence-corrected chi connectivity index (χ4v) is 2.05. The molecule has 0 aliphatic carbocycles. The van der Waals surface area contributed by atoms with Crippen LogP contribution < -0.4 is 5.32 Å². The number of amides is 1. The van der Waals surface area contributed by atoms with Crippen molar-refractivity contribution < 1.29 is 4.79 Å². The largest absolute Gasteiger partial charge is 0.328 e. The second-order valence-corrected chi connectivity index (χ2v) is 5.61. The van der Waals surface area contributed by atoms with E-state index in [-0.39, 0.29) is 11.9 Å². The molecule has 17 heavy (non-hydrogen) atoms. The van der Waals surface area contributed by atoms with Crippen molar-refractivity contribution in [3.05, 3.63) is 0 Å². The number of carbonyl (C=O) groups excluding carboxylic acids is 1. The second kappa shape index (κ2) is 6.36. The van der Waals surface area contributed by atoms with E-state index in [1.54, 1.807) is 0 Å². The molecule has 0 aromatic heterocycles. The third-order valence-corrected chi connectivity index (χ3v) is 3.57. The molecule has 4 nitrogen and oxygen atoms in total. The maximum absolute atomic E-state index is 12.0. The Morgan fingerprint density at radius 2 is 2.06 bits per heavy atom. The Morgan fingerprint density at radius 3 is 2.53 bits per heavy atom. The fourth-order valence-electron chi connectivity index (χ4n) is 2.05. The summed E-state index contributed by atoms with van der Waals surface area (Å²) in [6, 6.07) is 0.601. The lowest BCUT2D eigenvalue weighted by molar-refractivity contribution is -0.129. The third kappa shape index (κ3) is 3.96. The third-order valence-electron chi connectivity index (χ3n) is 3.57. The SMILES string of the molecule is CC(C)C1NCN(CCCN(C)C(C)C)C1=O. The molecule has 1 heterocycles. The van der Waals surface area contributed by atoms with Crippen LogP contribution in [0.25, 0.3) is 0 Å². The first-order valence-electron chi connectivity index (χ1n) is 6.66. The maximum Gasteiger partial charge on any atom is 0.241 e. The van der Waals surface area contributed by atoms with Crippen molar-refractivity contribution in [3.8, 4) is 0 Å². The van der Waals surface area contributed by atoms with Crippen molar-refractivity contribution in [2.75, 3.05) is 26.8 Å². The van der Waals surface area contributed by atoms with Gasteiger partial charge in [-0.2, -0.15) is 0 Å². The fraction of sp³-hybridized carbons (Fsp3) is 0.923. The van der Waals surface area contributed by atoms with Gasteiger partial charge in [0.1, 0.15) is 0 Å². The molecule has 100 valence electrons. The summed E-state index contributed by atoms with van der Waals surface area (Å²) in [4.78, 5) is 16.3. The highest BCUT2D eigenvalue weighted by atomic mass is 16.2. The van der Waals surface area contributed by atoms with Crippen LogP contribution >= 0.6 is 0 Å². The Morgan fingerprint density at radius 1 is 1.41 bits per heavy atom. The minimum atomic E-state index is 0.0258. The zero-order valence-corrected chi connectivity index (χ0v) is 11.9. The van der Waals surface area contributed by atoms with Crippen molar-refractivity contribution in [2.24, 2.45) is 5.92 Å². The Bertz CT molecular complexity index is 253. The molecule has 0 bridgehead atoms. The van der Waals surface area contributed by atoms with Crippen molar-refractivity contribution >= 4 is 5.91 Å². The van der Waals surface area contributed by atoms with Crippen LogP contribution in [0.1, 0.15) is 34.1 Å². The first-order valence-corrected chi connectivity index (χ1v) is 6.66. The van der Waals surface area contributed by atoms with Crippen LogP contribution in [-0.4, -0.2) is 54.6 Å². The highest BCUT2D eigenvalue weighted by molar-refractivity contribution is 5.83. The molecule has 0 saturated carbocycles. The van der Waals surface area contributed by atoms with Crippen LogP contribution in [0.15, 0.2) is 0 Å². The van der Waals surface area contributed by atoms with Crippen molar-refractivity contribution in [3.63, 3.8) is 0 Å². The number of nitrogens with one attached hydrogen (secondary N) is 1. The van der Waals surface area contributed by atoms with E-state index in [1.807, 2.05) is 4.90 Å². The number of nitrogens with zero attached hydrogens (tertiary/aromatic N) is 2. The summed E-state index contributed by atoms with van der Waals surface area (Å²) in [5, 5.41) is 3.28. The summed E-state index contributed by atoms with van der Waals surface area (Å²) in [6.45, 7) is 11.2. The van der Waals surface area contributed by atoms with E-state index in [9.17, 15) is 4.79 Å². The Balaban J connectivity index is 2.28.